The van der Waals surface area contributed by atoms with Crippen LogP contribution in [-0.4, -0.2) is 19.7 Å². The van der Waals surface area contributed by atoms with Gasteiger partial charge in [-0.1, -0.05) is 24.8 Å². The van der Waals surface area contributed by atoms with Crippen LogP contribution < -0.4 is 4.74 Å². The average Bonchev–Trinajstić information content (AvgIpc) is 2.45. The standard InChI is InChI=1S/C16H16O3/c1-4-19-16(17)11(2)12-5-6-14-10-15(18-3)8-7-13(14)9-12/h5-10H,2,4H2,1,3H3. The number of rotatable bonds is 4. The van der Waals surface area contributed by atoms with Gasteiger partial charge in [-0.3, -0.25) is 0 Å². The fourth-order valence-corrected chi connectivity index (χ4v) is 1.87. The molecule has 0 saturated heterocycles. The molecule has 3 heteroatoms. The molecular weight excluding hydrogens is 240 g/mol. The third-order valence-corrected chi connectivity index (χ3v) is 2.92. The summed E-state index contributed by atoms with van der Waals surface area (Å²) >= 11 is 0. The highest BCUT2D eigenvalue weighted by atomic mass is 16.5. The first kappa shape index (κ1) is 13.1. The van der Waals surface area contributed by atoms with E-state index in [0.29, 0.717) is 12.2 Å². The van der Waals surface area contributed by atoms with Crippen molar-refractivity contribution in [1.82, 2.24) is 0 Å². The van der Waals surface area contributed by atoms with Crippen LogP contribution in [0.1, 0.15) is 12.5 Å². The summed E-state index contributed by atoms with van der Waals surface area (Å²) < 4.78 is 10.1. The van der Waals surface area contributed by atoms with Crippen LogP contribution in [0.4, 0.5) is 0 Å². The van der Waals surface area contributed by atoms with Crippen LogP contribution in [0, 0.1) is 0 Å². The molecule has 0 aromatic heterocycles. The largest absolute Gasteiger partial charge is 0.497 e. The summed E-state index contributed by atoms with van der Waals surface area (Å²) in [6.45, 7) is 5.91. The summed E-state index contributed by atoms with van der Waals surface area (Å²) in [5, 5.41) is 2.09. The number of fused-ring (bicyclic) bond motifs is 1. The molecule has 0 atom stereocenters. The van der Waals surface area contributed by atoms with Gasteiger partial charge >= 0.3 is 5.97 Å². The molecule has 0 spiro atoms. The lowest BCUT2D eigenvalue weighted by atomic mass is 10.0. The fourth-order valence-electron chi connectivity index (χ4n) is 1.87. The van der Waals surface area contributed by atoms with Crippen LogP contribution in [0.25, 0.3) is 16.3 Å². The molecule has 0 amide bonds. The fraction of sp³-hybridized carbons (Fsp3) is 0.188. The molecule has 2 rings (SSSR count). The second-order valence-corrected chi connectivity index (χ2v) is 4.13. The average molecular weight is 256 g/mol. The molecule has 0 radical (unpaired) electrons. The Hall–Kier alpha value is -2.29. The molecule has 0 saturated carbocycles. The van der Waals surface area contributed by atoms with Gasteiger partial charge in [-0.15, -0.1) is 0 Å². The van der Waals surface area contributed by atoms with Crippen LogP contribution >= 0.6 is 0 Å². The van der Waals surface area contributed by atoms with E-state index in [1.165, 1.54) is 0 Å². The number of benzene rings is 2. The lowest BCUT2D eigenvalue weighted by Crippen LogP contribution is -2.05. The van der Waals surface area contributed by atoms with Gasteiger partial charge < -0.3 is 9.47 Å². The van der Waals surface area contributed by atoms with Crippen LogP contribution in [0.15, 0.2) is 43.0 Å². The molecule has 0 aliphatic carbocycles. The van der Waals surface area contributed by atoms with Crippen molar-refractivity contribution in [3.05, 3.63) is 48.5 Å². The van der Waals surface area contributed by atoms with E-state index in [0.717, 1.165) is 22.1 Å². The highest BCUT2D eigenvalue weighted by Crippen LogP contribution is 2.24. The van der Waals surface area contributed by atoms with Crippen molar-refractivity contribution in [2.45, 2.75) is 6.92 Å². The summed E-state index contributed by atoms with van der Waals surface area (Å²) in [6.07, 6.45) is 0. The number of ether oxygens (including phenoxy) is 2. The normalized spacial score (nSPS) is 10.2. The molecule has 2 aromatic carbocycles. The number of carbonyl (C=O) groups excluding carboxylic acids is 1. The zero-order valence-corrected chi connectivity index (χ0v) is 11.1. The quantitative estimate of drug-likeness (QED) is 0.621. The Morgan fingerprint density at radius 2 is 1.84 bits per heavy atom. The molecule has 0 fully saturated rings. The van der Waals surface area contributed by atoms with Crippen molar-refractivity contribution in [3.63, 3.8) is 0 Å². The smallest absolute Gasteiger partial charge is 0.338 e. The second-order valence-electron chi connectivity index (χ2n) is 4.13. The molecule has 19 heavy (non-hydrogen) atoms. The maximum Gasteiger partial charge on any atom is 0.338 e. The van der Waals surface area contributed by atoms with E-state index in [2.05, 4.69) is 6.58 Å². The molecule has 3 nitrogen and oxygen atoms in total. The van der Waals surface area contributed by atoms with Gasteiger partial charge in [-0.05, 0) is 41.5 Å². The minimum atomic E-state index is -0.379. The SMILES string of the molecule is C=C(C(=O)OCC)c1ccc2cc(OC)ccc2c1. The lowest BCUT2D eigenvalue weighted by Gasteiger charge is -2.07. The molecular formula is C16H16O3. The Bertz CT molecular complexity index is 629. The van der Waals surface area contributed by atoms with Gasteiger partial charge in [0.2, 0.25) is 0 Å². The molecule has 0 unspecified atom stereocenters. The molecule has 0 N–H and O–H groups in total. The van der Waals surface area contributed by atoms with E-state index >= 15 is 0 Å². The Kier molecular flexibility index (Phi) is 3.85. The summed E-state index contributed by atoms with van der Waals surface area (Å²) in [6, 6.07) is 11.5. The third kappa shape index (κ3) is 2.76. The number of esters is 1. The van der Waals surface area contributed by atoms with Gasteiger partial charge in [0.25, 0.3) is 0 Å². The molecule has 98 valence electrons. The van der Waals surface area contributed by atoms with Crippen LogP contribution in [0.3, 0.4) is 0 Å². The minimum absolute atomic E-state index is 0.350. The zero-order valence-electron chi connectivity index (χ0n) is 11.1. The highest BCUT2D eigenvalue weighted by molar-refractivity contribution is 6.16. The summed E-state index contributed by atoms with van der Waals surface area (Å²) in [7, 11) is 1.64. The summed E-state index contributed by atoms with van der Waals surface area (Å²) in [5.41, 5.74) is 1.15. The van der Waals surface area contributed by atoms with Gasteiger partial charge in [0.1, 0.15) is 5.75 Å². The predicted octanol–water partition coefficient (Wildman–Crippen LogP) is 3.42. The van der Waals surface area contributed by atoms with Crippen molar-refractivity contribution in [1.29, 1.82) is 0 Å². The number of hydrogen-bond donors (Lipinski definition) is 0. The summed E-state index contributed by atoms with van der Waals surface area (Å²) in [4.78, 5) is 11.6. The van der Waals surface area contributed by atoms with Gasteiger partial charge in [-0.2, -0.15) is 0 Å². The summed E-state index contributed by atoms with van der Waals surface area (Å²) in [5.74, 6) is 0.430. The van der Waals surface area contributed by atoms with Gasteiger partial charge in [0.05, 0.1) is 19.3 Å². The Morgan fingerprint density at radius 1 is 1.16 bits per heavy atom. The first-order valence-corrected chi connectivity index (χ1v) is 6.10. The van der Waals surface area contributed by atoms with Gasteiger partial charge in [-0.25, -0.2) is 4.79 Å². The van der Waals surface area contributed by atoms with E-state index in [4.69, 9.17) is 9.47 Å². The zero-order chi connectivity index (χ0) is 13.8. The van der Waals surface area contributed by atoms with Crippen LogP contribution in [0.2, 0.25) is 0 Å². The molecule has 2 aromatic rings. The first-order chi connectivity index (χ1) is 9.15. The number of hydrogen-bond acceptors (Lipinski definition) is 3. The lowest BCUT2D eigenvalue weighted by molar-refractivity contribution is -0.136. The maximum absolute atomic E-state index is 11.6. The Labute approximate surface area is 112 Å². The van der Waals surface area contributed by atoms with Crippen molar-refractivity contribution in [3.8, 4) is 5.75 Å². The molecule has 0 aliphatic heterocycles. The molecule has 0 aliphatic rings. The van der Waals surface area contributed by atoms with E-state index in [9.17, 15) is 4.79 Å². The van der Waals surface area contributed by atoms with E-state index in [1.54, 1.807) is 14.0 Å². The minimum Gasteiger partial charge on any atom is -0.497 e. The highest BCUT2D eigenvalue weighted by Gasteiger charge is 2.10. The van der Waals surface area contributed by atoms with Crippen molar-refractivity contribution < 1.29 is 14.3 Å². The Morgan fingerprint density at radius 3 is 2.53 bits per heavy atom. The topological polar surface area (TPSA) is 35.5 Å². The maximum atomic E-state index is 11.6. The van der Waals surface area contributed by atoms with E-state index in [-0.39, 0.29) is 5.97 Å². The molecule has 0 heterocycles. The van der Waals surface area contributed by atoms with Crippen LogP contribution in [0.5, 0.6) is 5.75 Å². The van der Waals surface area contributed by atoms with Gasteiger partial charge in [0.15, 0.2) is 0 Å². The number of methoxy groups -OCH3 is 1. The molecule has 0 bridgehead atoms. The van der Waals surface area contributed by atoms with Crippen molar-refractivity contribution in [2.75, 3.05) is 13.7 Å². The van der Waals surface area contributed by atoms with Crippen molar-refractivity contribution in [2.24, 2.45) is 0 Å². The second kappa shape index (κ2) is 5.57. The van der Waals surface area contributed by atoms with E-state index in [1.807, 2.05) is 36.4 Å². The third-order valence-electron chi connectivity index (χ3n) is 2.92. The monoisotopic (exact) mass is 256 g/mol. The first-order valence-electron chi connectivity index (χ1n) is 6.10. The predicted molar refractivity (Wildman–Crippen MR) is 76.2 cm³/mol. The van der Waals surface area contributed by atoms with Gasteiger partial charge in [0, 0.05) is 0 Å². The van der Waals surface area contributed by atoms with Crippen molar-refractivity contribution >= 4 is 22.3 Å². The number of carbonyl (C=O) groups is 1. The van der Waals surface area contributed by atoms with E-state index < -0.39 is 0 Å². The van der Waals surface area contributed by atoms with Crippen LogP contribution in [-0.2, 0) is 9.53 Å². The Balaban J connectivity index is 2.36.